The number of anilines is 1. The third-order valence-electron chi connectivity index (χ3n) is 4.62. The summed E-state index contributed by atoms with van der Waals surface area (Å²) in [4.78, 5) is 11.3. The molecule has 3 aromatic rings. The van der Waals surface area contributed by atoms with Crippen LogP contribution in [0, 0.1) is 0 Å². The lowest BCUT2D eigenvalue weighted by Gasteiger charge is -2.36. The standard InChI is InChI=1S/C19H23FN6/c1-19(2,20)11-13-12-26(10-9-21-13)16-7-3-6-15(23-16)17-14-5-4-8-22-18(14)25-24-17/h3-8,13,21H,9-12H2,1-2H3,(H,22,24,25). The highest BCUT2D eigenvalue weighted by Crippen LogP contribution is 2.26. The minimum Gasteiger partial charge on any atom is -0.354 e. The van der Waals surface area contributed by atoms with Gasteiger partial charge in [0, 0.05) is 37.3 Å². The molecule has 2 N–H and O–H groups in total. The highest BCUT2D eigenvalue weighted by molar-refractivity contribution is 5.89. The Labute approximate surface area is 151 Å². The summed E-state index contributed by atoms with van der Waals surface area (Å²) < 4.78 is 14.0. The molecule has 6 nitrogen and oxygen atoms in total. The van der Waals surface area contributed by atoms with Gasteiger partial charge in [0.2, 0.25) is 0 Å². The Morgan fingerprint density at radius 1 is 1.27 bits per heavy atom. The largest absolute Gasteiger partial charge is 0.354 e. The zero-order valence-corrected chi connectivity index (χ0v) is 15.0. The van der Waals surface area contributed by atoms with Gasteiger partial charge in [-0.15, -0.1) is 0 Å². The molecule has 0 amide bonds. The van der Waals surface area contributed by atoms with Crippen molar-refractivity contribution in [2.24, 2.45) is 0 Å². The van der Waals surface area contributed by atoms with Gasteiger partial charge in [0.05, 0.1) is 5.69 Å². The summed E-state index contributed by atoms with van der Waals surface area (Å²) in [6, 6.07) is 9.94. The molecule has 1 atom stereocenters. The number of pyridine rings is 2. The van der Waals surface area contributed by atoms with Crippen molar-refractivity contribution >= 4 is 16.9 Å². The van der Waals surface area contributed by atoms with Crippen LogP contribution in [0.25, 0.3) is 22.4 Å². The van der Waals surface area contributed by atoms with Crippen molar-refractivity contribution in [3.8, 4) is 11.4 Å². The number of piperazine rings is 1. The summed E-state index contributed by atoms with van der Waals surface area (Å²) in [6.45, 7) is 5.67. The molecule has 4 heterocycles. The lowest BCUT2D eigenvalue weighted by atomic mass is 9.99. The van der Waals surface area contributed by atoms with Crippen molar-refractivity contribution < 1.29 is 4.39 Å². The molecule has 0 aromatic carbocycles. The van der Waals surface area contributed by atoms with Crippen LogP contribution in [0.2, 0.25) is 0 Å². The van der Waals surface area contributed by atoms with E-state index in [9.17, 15) is 4.39 Å². The van der Waals surface area contributed by atoms with Crippen molar-refractivity contribution in [2.75, 3.05) is 24.5 Å². The Balaban J connectivity index is 1.60. The maximum Gasteiger partial charge on any atom is 0.155 e. The molecular weight excluding hydrogens is 331 g/mol. The summed E-state index contributed by atoms with van der Waals surface area (Å²) in [7, 11) is 0. The van der Waals surface area contributed by atoms with E-state index >= 15 is 0 Å². The first-order valence-electron chi connectivity index (χ1n) is 8.93. The number of aromatic amines is 1. The predicted molar refractivity (Wildman–Crippen MR) is 101 cm³/mol. The van der Waals surface area contributed by atoms with Gasteiger partial charge < -0.3 is 10.2 Å². The summed E-state index contributed by atoms with van der Waals surface area (Å²) >= 11 is 0. The van der Waals surface area contributed by atoms with E-state index in [2.05, 4.69) is 25.4 Å². The van der Waals surface area contributed by atoms with Gasteiger partial charge in [0.1, 0.15) is 17.2 Å². The fourth-order valence-corrected chi connectivity index (χ4v) is 3.54. The van der Waals surface area contributed by atoms with Gasteiger partial charge in [-0.25, -0.2) is 14.4 Å². The maximum atomic E-state index is 14.0. The average molecular weight is 354 g/mol. The van der Waals surface area contributed by atoms with Gasteiger partial charge in [0.25, 0.3) is 0 Å². The van der Waals surface area contributed by atoms with Gasteiger partial charge >= 0.3 is 0 Å². The summed E-state index contributed by atoms with van der Waals surface area (Å²) in [5.74, 6) is 0.894. The number of aromatic nitrogens is 4. The predicted octanol–water partition coefficient (Wildman–Crippen LogP) is 2.94. The van der Waals surface area contributed by atoms with Crippen molar-refractivity contribution in [3.05, 3.63) is 36.5 Å². The molecule has 0 radical (unpaired) electrons. The monoisotopic (exact) mass is 354 g/mol. The molecule has 26 heavy (non-hydrogen) atoms. The topological polar surface area (TPSA) is 69.7 Å². The highest BCUT2D eigenvalue weighted by Gasteiger charge is 2.27. The van der Waals surface area contributed by atoms with Gasteiger partial charge in [-0.1, -0.05) is 6.07 Å². The van der Waals surface area contributed by atoms with E-state index in [0.717, 1.165) is 47.9 Å². The second kappa shape index (κ2) is 6.64. The first-order valence-corrected chi connectivity index (χ1v) is 8.93. The molecule has 1 fully saturated rings. The average Bonchev–Trinajstić information content (AvgIpc) is 3.05. The summed E-state index contributed by atoms with van der Waals surface area (Å²) in [5.41, 5.74) is 1.17. The van der Waals surface area contributed by atoms with E-state index in [1.807, 2.05) is 30.3 Å². The normalized spacial score (nSPS) is 18.4. The van der Waals surface area contributed by atoms with Crippen LogP contribution >= 0.6 is 0 Å². The van der Waals surface area contributed by atoms with Crippen LogP contribution in [0.15, 0.2) is 36.5 Å². The first-order chi connectivity index (χ1) is 12.5. The Kier molecular flexibility index (Phi) is 4.32. The van der Waals surface area contributed by atoms with E-state index in [1.54, 1.807) is 20.0 Å². The molecule has 0 spiro atoms. The van der Waals surface area contributed by atoms with Crippen LogP contribution in [0.1, 0.15) is 20.3 Å². The van der Waals surface area contributed by atoms with Gasteiger partial charge in [-0.05, 0) is 44.5 Å². The fraction of sp³-hybridized carbons (Fsp3) is 0.421. The molecule has 136 valence electrons. The zero-order chi connectivity index (χ0) is 18.1. The summed E-state index contributed by atoms with van der Waals surface area (Å²) in [6.07, 6.45) is 2.22. The molecule has 1 unspecified atom stereocenters. The lowest BCUT2D eigenvalue weighted by molar-refractivity contribution is 0.175. The second-order valence-corrected chi connectivity index (χ2v) is 7.37. The molecule has 1 saturated heterocycles. The van der Waals surface area contributed by atoms with Gasteiger partial charge in [-0.3, -0.25) is 5.10 Å². The minimum absolute atomic E-state index is 0.115. The maximum absolute atomic E-state index is 14.0. The number of hydrogen-bond acceptors (Lipinski definition) is 5. The Morgan fingerprint density at radius 3 is 3.00 bits per heavy atom. The van der Waals surface area contributed by atoms with Crippen LogP contribution in [0.3, 0.4) is 0 Å². The number of halogens is 1. The Hall–Kier alpha value is -2.54. The first kappa shape index (κ1) is 16.9. The van der Waals surface area contributed by atoms with E-state index in [1.165, 1.54) is 0 Å². The quantitative estimate of drug-likeness (QED) is 0.754. The molecular formula is C19H23FN6. The van der Waals surface area contributed by atoms with Crippen LogP contribution in [-0.4, -0.2) is 51.5 Å². The van der Waals surface area contributed by atoms with E-state index in [-0.39, 0.29) is 6.04 Å². The molecule has 3 aromatic heterocycles. The Morgan fingerprint density at radius 2 is 2.15 bits per heavy atom. The molecule has 4 rings (SSSR count). The zero-order valence-electron chi connectivity index (χ0n) is 15.0. The van der Waals surface area contributed by atoms with E-state index in [4.69, 9.17) is 4.98 Å². The number of fused-ring (bicyclic) bond motifs is 1. The molecule has 0 bridgehead atoms. The van der Waals surface area contributed by atoms with Crippen LogP contribution in [-0.2, 0) is 0 Å². The van der Waals surface area contributed by atoms with Crippen LogP contribution in [0.4, 0.5) is 10.2 Å². The number of H-pyrrole nitrogens is 1. The third kappa shape index (κ3) is 3.53. The van der Waals surface area contributed by atoms with Crippen molar-refractivity contribution in [1.82, 2.24) is 25.5 Å². The van der Waals surface area contributed by atoms with Crippen molar-refractivity contribution in [3.63, 3.8) is 0 Å². The molecule has 7 heteroatoms. The number of nitrogens with one attached hydrogen (secondary N) is 2. The van der Waals surface area contributed by atoms with E-state index in [0.29, 0.717) is 6.42 Å². The fourth-order valence-electron chi connectivity index (χ4n) is 3.54. The lowest BCUT2D eigenvalue weighted by Crippen LogP contribution is -2.52. The Bertz CT molecular complexity index is 900. The second-order valence-electron chi connectivity index (χ2n) is 7.37. The van der Waals surface area contributed by atoms with Gasteiger partial charge in [-0.2, -0.15) is 5.10 Å². The smallest absolute Gasteiger partial charge is 0.155 e. The van der Waals surface area contributed by atoms with E-state index < -0.39 is 5.67 Å². The van der Waals surface area contributed by atoms with Crippen molar-refractivity contribution in [1.29, 1.82) is 0 Å². The van der Waals surface area contributed by atoms with Crippen molar-refractivity contribution in [2.45, 2.75) is 32.0 Å². The molecule has 0 aliphatic carbocycles. The molecule has 1 aliphatic heterocycles. The number of rotatable bonds is 4. The van der Waals surface area contributed by atoms with Crippen LogP contribution < -0.4 is 10.2 Å². The van der Waals surface area contributed by atoms with Gasteiger partial charge in [0.15, 0.2) is 5.65 Å². The highest BCUT2D eigenvalue weighted by atomic mass is 19.1. The number of hydrogen-bond donors (Lipinski definition) is 2. The SMILES string of the molecule is CC(C)(F)CC1CN(c2cccc(-c3n[nH]c4ncccc34)n2)CCN1. The third-order valence-corrected chi connectivity index (χ3v) is 4.62. The minimum atomic E-state index is -1.18. The molecule has 1 aliphatic rings. The molecule has 0 saturated carbocycles. The number of nitrogens with zero attached hydrogens (tertiary/aromatic N) is 4. The number of alkyl halides is 1. The summed E-state index contributed by atoms with van der Waals surface area (Å²) in [5, 5.41) is 11.7. The van der Waals surface area contributed by atoms with Crippen LogP contribution in [0.5, 0.6) is 0 Å².